The highest BCUT2D eigenvalue weighted by Crippen LogP contribution is 2.31. The molecule has 2 aromatic carbocycles. The summed E-state index contributed by atoms with van der Waals surface area (Å²) in [4.78, 5) is 17.0. The lowest BCUT2D eigenvalue weighted by Crippen LogP contribution is -2.08. The molecule has 0 saturated carbocycles. The number of nitrogens with zero attached hydrogens (tertiary/aromatic N) is 2. The Morgan fingerprint density at radius 3 is 2.48 bits per heavy atom. The lowest BCUT2D eigenvalue weighted by Gasteiger charge is -2.13. The molecule has 2 heterocycles. The molecule has 6 nitrogen and oxygen atoms in total. The summed E-state index contributed by atoms with van der Waals surface area (Å²) in [6.45, 7) is 4.48. The van der Waals surface area contributed by atoms with Crippen molar-refractivity contribution in [2.24, 2.45) is 0 Å². The Balaban J connectivity index is 1.45. The summed E-state index contributed by atoms with van der Waals surface area (Å²) in [6.07, 6.45) is 1.39. The summed E-state index contributed by atoms with van der Waals surface area (Å²) in [5.74, 6) is -0.549. The fraction of sp³-hybridized carbons (Fsp3) is 0.208. The van der Waals surface area contributed by atoms with Gasteiger partial charge in [0.15, 0.2) is 0 Å². The summed E-state index contributed by atoms with van der Waals surface area (Å²) in [6, 6.07) is 17.5. The molecule has 31 heavy (non-hydrogen) atoms. The minimum Gasteiger partial charge on any atom is -0.488 e. The number of thiazole rings is 1. The van der Waals surface area contributed by atoms with Crippen molar-refractivity contribution in [2.75, 3.05) is 0 Å². The van der Waals surface area contributed by atoms with Crippen LogP contribution in [0.5, 0.6) is 5.75 Å². The Labute approximate surface area is 184 Å². The highest BCUT2D eigenvalue weighted by Gasteiger charge is 2.20. The van der Waals surface area contributed by atoms with E-state index in [9.17, 15) is 9.90 Å². The topological polar surface area (TPSA) is 85.5 Å². The number of carboxylic acid groups (broad SMARTS) is 1. The first-order valence-corrected chi connectivity index (χ1v) is 10.7. The third kappa shape index (κ3) is 5.00. The predicted octanol–water partition coefficient (Wildman–Crippen LogP) is 5.60. The van der Waals surface area contributed by atoms with E-state index < -0.39 is 5.97 Å². The molecular weight excluding hydrogens is 412 g/mol. The number of aromatic nitrogens is 2. The van der Waals surface area contributed by atoms with Gasteiger partial charge in [-0.05, 0) is 31.5 Å². The highest BCUT2D eigenvalue weighted by molar-refractivity contribution is 7.15. The smallest absolute Gasteiger partial charge is 0.304 e. The van der Waals surface area contributed by atoms with Crippen LogP contribution in [0.25, 0.3) is 10.6 Å². The average molecular weight is 435 g/mol. The third-order valence-electron chi connectivity index (χ3n) is 5.04. The normalized spacial score (nSPS) is 11.9. The largest absolute Gasteiger partial charge is 0.488 e. The fourth-order valence-electron chi connectivity index (χ4n) is 3.30. The first-order valence-electron chi connectivity index (χ1n) is 9.88. The van der Waals surface area contributed by atoms with Crippen molar-refractivity contribution in [2.45, 2.75) is 32.8 Å². The van der Waals surface area contributed by atoms with Crippen LogP contribution in [0.3, 0.4) is 0 Å². The van der Waals surface area contributed by atoms with Crippen LogP contribution in [-0.2, 0) is 11.4 Å². The maximum absolute atomic E-state index is 11.3. The second-order valence-electron chi connectivity index (χ2n) is 7.33. The van der Waals surface area contributed by atoms with E-state index in [1.54, 1.807) is 17.4 Å². The average Bonchev–Trinajstić information content (AvgIpc) is 3.41. The van der Waals surface area contributed by atoms with Gasteiger partial charge in [-0.25, -0.2) is 4.98 Å². The molecule has 0 amide bonds. The van der Waals surface area contributed by atoms with E-state index in [1.807, 2.05) is 31.2 Å². The molecule has 158 valence electrons. The van der Waals surface area contributed by atoms with E-state index in [4.69, 9.17) is 9.26 Å². The Morgan fingerprint density at radius 2 is 1.84 bits per heavy atom. The maximum Gasteiger partial charge on any atom is 0.304 e. The van der Waals surface area contributed by atoms with Crippen molar-refractivity contribution in [1.29, 1.82) is 0 Å². The van der Waals surface area contributed by atoms with Crippen LogP contribution < -0.4 is 4.74 Å². The van der Waals surface area contributed by atoms with Crippen LogP contribution in [0.15, 0.2) is 65.4 Å². The number of aliphatic carboxylic acids is 1. The molecule has 0 bridgehead atoms. The Kier molecular flexibility index (Phi) is 6.13. The monoisotopic (exact) mass is 434 g/mol. The lowest BCUT2D eigenvalue weighted by molar-refractivity contribution is -0.137. The van der Waals surface area contributed by atoms with E-state index in [1.165, 1.54) is 11.8 Å². The van der Waals surface area contributed by atoms with Gasteiger partial charge >= 0.3 is 5.97 Å². The Morgan fingerprint density at radius 1 is 1.10 bits per heavy atom. The predicted molar refractivity (Wildman–Crippen MR) is 118 cm³/mol. The Bertz CT molecular complexity index is 1150. The number of ether oxygens (including phenoxy) is 1. The Hall–Kier alpha value is -3.45. The quantitative estimate of drug-likeness (QED) is 0.388. The van der Waals surface area contributed by atoms with Gasteiger partial charge in [-0.1, -0.05) is 47.1 Å². The first kappa shape index (κ1) is 20.8. The van der Waals surface area contributed by atoms with Crippen LogP contribution >= 0.6 is 11.3 Å². The van der Waals surface area contributed by atoms with Gasteiger partial charge in [0.25, 0.3) is 0 Å². The zero-order valence-electron chi connectivity index (χ0n) is 17.2. The molecule has 0 aliphatic carbocycles. The molecule has 1 N–H and O–H groups in total. The van der Waals surface area contributed by atoms with Crippen molar-refractivity contribution < 1.29 is 19.2 Å². The van der Waals surface area contributed by atoms with Crippen molar-refractivity contribution in [3.63, 3.8) is 0 Å². The van der Waals surface area contributed by atoms with Crippen molar-refractivity contribution >= 4 is 17.3 Å². The van der Waals surface area contributed by atoms with Gasteiger partial charge in [0.1, 0.15) is 23.6 Å². The molecular formula is C24H22N2O4S. The second kappa shape index (κ2) is 9.14. The molecule has 1 atom stereocenters. The molecule has 0 aliphatic heterocycles. The standard InChI is InChI=1S/C24H22N2O4S/c1-15-3-5-18(6-4-15)24-25-16(2)22(31-24)14-29-19-9-7-17(8-10-19)20(13-23(27)28)21-11-12-30-26-21/h3-12,20H,13-14H2,1-2H3,(H,27,28)/t20-/m1/s1. The zero-order valence-corrected chi connectivity index (χ0v) is 18.1. The molecule has 0 fully saturated rings. The first-order chi connectivity index (χ1) is 15.0. The molecule has 0 unspecified atom stereocenters. The summed E-state index contributed by atoms with van der Waals surface area (Å²) >= 11 is 1.63. The van der Waals surface area contributed by atoms with E-state index in [2.05, 4.69) is 41.3 Å². The van der Waals surface area contributed by atoms with Gasteiger partial charge in [0, 0.05) is 17.5 Å². The van der Waals surface area contributed by atoms with Crippen LogP contribution in [0, 0.1) is 13.8 Å². The second-order valence-corrected chi connectivity index (χ2v) is 8.41. The number of carboxylic acids is 1. The molecule has 0 radical (unpaired) electrons. The van der Waals surface area contributed by atoms with Crippen LogP contribution in [0.2, 0.25) is 0 Å². The van der Waals surface area contributed by atoms with Gasteiger partial charge in [-0.3, -0.25) is 4.79 Å². The number of hydrogen-bond acceptors (Lipinski definition) is 6. The van der Waals surface area contributed by atoms with Crippen LogP contribution in [0.1, 0.15) is 39.7 Å². The van der Waals surface area contributed by atoms with Gasteiger partial charge in [-0.15, -0.1) is 11.3 Å². The number of aryl methyl sites for hydroxylation is 2. The maximum atomic E-state index is 11.3. The fourth-order valence-corrected chi connectivity index (χ4v) is 4.28. The summed E-state index contributed by atoms with van der Waals surface area (Å²) in [7, 11) is 0. The zero-order chi connectivity index (χ0) is 21.8. The molecule has 7 heteroatoms. The van der Waals surface area contributed by atoms with Crippen molar-refractivity contribution in [1.82, 2.24) is 10.1 Å². The minimum atomic E-state index is -0.890. The number of rotatable bonds is 8. The lowest BCUT2D eigenvalue weighted by atomic mass is 9.92. The number of hydrogen-bond donors (Lipinski definition) is 1. The van der Waals surface area contributed by atoms with Crippen molar-refractivity contribution in [3.05, 3.63) is 88.3 Å². The van der Waals surface area contributed by atoms with Gasteiger partial charge in [-0.2, -0.15) is 0 Å². The SMILES string of the molecule is Cc1ccc(-c2nc(C)c(COc3ccc([C@@H](CC(=O)O)c4ccon4)cc3)s2)cc1. The van der Waals surface area contributed by atoms with E-state index in [0.717, 1.165) is 26.7 Å². The molecule has 0 aliphatic rings. The van der Waals surface area contributed by atoms with Crippen molar-refractivity contribution in [3.8, 4) is 16.3 Å². The highest BCUT2D eigenvalue weighted by atomic mass is 32.1. The van der Waals surface area contributed by atoms with Gasteiger partial charge in [0.2, 0.25) is 0 Å². The van der Waals surface area contributed by atoms with Gasteiger partial charge < -0.3 is 14.4 Å². The van der Waals surface area contributed by atoms with E-state index in [-0.39, 0.29) is 12.3 Å². The van der Waals surface area contributed by atoms with Crippen LogP contribution in [-0.4, -0.2) is 21.2 Å². The van der Waals surface area contributed by atoms with Crippen LogP contribution in [0.4, 0.5) is 0 Å². The molecule has 4 rings (SSSR count). The minimum absolute atomic E-state index is 0.0609. The third-order valence-corrected chi connectivity index (χ3v) is 6.22. The summed E-state index contributed by atoms with van der Waals surface area (Å²) in [5, 5.41) is 14.1. The van der Waals surface area contributed by atoms with E-state index in [0.29, 0.717) is 18.1 Å². The molecule has 0 saturated heterocycles. The summed E-state index contributed by atoms with van der Waals surface area (Å²) in [5.41, 5.74) is 4.73. The summed E-state index contributed by atoms with van der Waals surface area (Å²) < 4.78 is 10.9. The number of carbonyl (C=O) groups is 1. The van der Waals surface area contributed by atoms with Gasteiger partial charge in [0.05, 0.1) is 22.7 Å². The van der Waals surface area contributed by atoms with E-state index >= 15 is 0 Å². The molecule has 0 spiro atoms. The molecule has 4 aromatic rings. The number of benzene rings is 2. The molecule has 2 aromatic heterocycles.